The summed E-state index contributed by atoms with van der Waals surface area (Å²) < 4.78 is 0.977. The number of carbonyl (C=O) groups is 1. The number of hydrogen-bond donors (Lipinski definition) is 2. The van der Waals surface area contributed by atoms with Gasteiger partial charge in [0.05, 0.1) is 9.01 Å². The van der Waals surface area contributed by atoms with E-state index < -0.39 is 5.97 Å². The van der Waals surface area contributed by atoms with Crippen LogP contribution in [0.25, 0.3) is 9.40 Å². The molecule has 0 amide bonds. The first-order valence-electron chi connectivity index (χ1n) is 3.19. The molecular weight excluding hydrogens is 194 g/mol. The molecule has 2 aromatic rings. The summed E-state index contributed by atoms with van der Waals surface area (Å²) in [5.41, 5.74) is 5.54. The lowest BCUT2D eigenvalue weighted by Crippen LogP contribution is -1.89. The van der Waals surface area contributed by atoms with Gasteiger partial charge in [-0.25, -0.2) is 4.79 Å². The number of carboxylic acids is 1. The SMILES string of the molecule is Nc1cc2cc(C(=O)O)sc2s1. The third kappa shape index (κ3) is 1.07. The van der Waals surface area contributed by atoms with Crippen LogP contribution in [0.3, 0.4) is 0 Å². The summed E-state index contributed by atoms with van der Waals surface area (Å²) in [6, 6.07) is 3.44. The molecule has 0 saturated heterocycles. The average Bonchev–Trinajstić information content (AvgIpc) is 2.42. The molecule has 0 aromatic carbocycles. The maximum atomic E-state index is 10.5. The number of fused-ring (bicyclic) bond motifs is 1. The summed E-state index contributed by atoms with van der Waals surface area (Å²) in [7, 11) is 0. The predicted molar refractivity (Wildman–Crippen MR) is 51.1 cm³/mol. The molecule has 0 spiro atoms. The fraction of sp³-hybridized carbons (Fsp3) is 0. The molecule has 5 heteroatoms. The van der Waals surface area contributed by atoms with E-state index in [0.29, 0.717) is 4.88 Å². The van der Waals surface area contributed by atoms with Crippen LogP contribution in [0.2, 0.25) is 0 Å². The standard InChI is InChI=1S/C7H5NO2S2/c8-5-2-3-1-4(6(9)10)11-7(3)12-5/h1-2H,8H2,(H,9,10). The van der Waals surface area contributed by atoms with Crippen LogP contribution in [-0.4, -0.2) is 11.1 Å². The Labute approximate surface area is 76.1 Å². The Morgan fingerprint density at radius 3 is 2.75 bits per heavy atom. The largest absolute Gasteiger partial charge is 0.477 e. The molecule has 2 aromatic heterocycles. The normalized spacial score (nSPS) is 10.7. The molecular formula is C7H5NO2S2. The Morgan fingerprint density at radius 1 is 1.42 bits per heavy atom. The first-order chi connectivity index (χ1) is 5.66. The molecule has 2 heterocycles. The number of rotatable bonds is 1. The number of carboxylic acid groups (broad SMARTS) is 1. The zero-order chi connectivity index (χ0) is 8.72. The summed E-state index contributed by atoms with van der Waals surface area (Å²) in [6.07, 6.45) is 0. The van der Waals surface area contributed by atoms with Gasteiger partial charge in [-0.2, -0.15) is 0 Å². The van der Waals surface area contributed by atoms with Gasteiger partial charge in [0.25, 0.3) is 0 Å². The fourth-order valence-corrected chi connectivity index (χ4v) is 3.03. The molecule has 0 aliphatic carbocycles. The van der Waals surface area contributed by atoms with Crippen LogP contribution >= 0.6 is 22.7 Å². The second-order valence-corrected chi connectivity index (χ2v) is 4.70. The molecule has 0 atom stereocenters. The van der Waals surface area contributed by atoms with Crippen LogP contribution in [-0.2, 0) is 0 Å². The van der Waals surface area contributed by atoms with E-state index in [1.54, 1.807) is 12.1 Å². The van der Waals surface area contributed by atoms with Crippen LogP contribution in [0.4, 0.5) is 5.00 Å². The van der Waals surface area contributed by atoms with E-state index in [-0.39, 0.29) is 0 Å². The van der Waals surface area contributed by atoms with Crippen molar-refractivity contribution in [3.8, 4) is 0 Å². The zero-order valence-electron chi connectivity index (χ0n) is 5.90. The number of aromatic carboxylic acids is 1. The minimum absolute atomic E-state index is 0.372. The molecule has 0 saturated carbocycles. The predicted octanol–water partition coefficient (Wildman–Crippen LogP) is 2.24. The van der Waals surface area contributed by atoms with Gasteiger partial charge < -0.3 is 10.8 Å². The number of anilines is 1. The molecule has 0 aliphatic rings. The van der Waals surface area contributed by atoms with E-state index in [4.69, 9.17) is 10.8 Å². The monoisotopic (exact) mass is 199 g/mol. The van der Waals surface area contributed by atoms with Crippen LogP contribution < -0.4 is 5.73 Å². The zero-order valence-corrected chi connectivity index (χ0v) is 7.54. The van der Waals surface area contributed by atoms with E-state index in [1.807, 2.05) is 0 Å². The van der Waals surface area contributed by atoms with E-state index in [0.717, 1.165) is 14.4 Å². The van der Waals surface area contributed by atoms with Gasteiger partial charge in [-0.15, -0.1) is 22.7 Å². The van der Waals surface area contributed by atoms with Crippen LogP contribution in [0, 0.1) is 0 Å². The van der Waals surface area contributed by atoms with Gasteiger partial charge in [0, 0.05) is 5.39 Å². The van der Waals surface area contributed by atoms with Crippen LogP contribution in [0.15, 0.2) is 12.1 Å². The van der Waals surface area contributed by atoms with Gasteiger partial charge in [-0.05, 0) is 12.1 Å². The van der Waals surface area contributed by atoms with E-state index in [1.165, 1.54) is 22.7 Å². The lowest BCUT2D eigenvalue weighted by molar-refractivity contribution is 0.0702. The number of nitrogens with two attached hydrogens (primary N) is 1. The van der Waals surface area contributed by atoms with Gasteiger partial charge in [-0.1, -0.05) is 0 Å². The molecule has 0 bridgehead atoms. The smallest absolute Gasteiger partial charge is 0.345 e. The quantitative estimate of drug-likeness (QED) is 0.740. The Balaban J connectivity index is 2.64. The minimum atomic E-state index is -0.873. The highest BCUT2D eigenvalue weighted by molar-refractivity contribution is 7.40. The molecule has 3 nitrogen and oxygen atoms in total. The van der Waals surface area contributed by atoms with E-state index >= 15 is 0 Å². The molecule has 0 fully saturated rings. The summed E-state index contributed by atoms with van der Waals surface area (Å²) >= 11 is 2.69. The van der Waals surface area contributed by atoms with Gasteiger partial charge in [0.2, 0.25) is 0 Å². The van der Waals surface area contributed by atoms with Crippen molar-refractivity contribution in [2.45, 2.75) is 0 Å². The Kier molecular flexibility index (Phi) is 1.55. The Bertz CT molecular complexity index is 412. The summed E-state index contributed by atoms with van der Waals surface area (Å²) in [4.78, 5) is 10.9. The lowest BCUT2D eigenvalue weighted by atomic mass is 10.3. The highest BCUT2D eigenvalue weighted by atomic mass is 32.2. The number of hydrogen-bond acceptors (Lipinski definition) is 4. The third-order valence-corrected chi connectivity index (χ3v) is 3.65. The van der Waals surface area contributed by atoms with E-state index in [9.17, 15) is 4.79 Å². The average molecular weight is 199 g/mol. The van der Waals surface area contributed by atoms with Crippen molar-refractivity contribution in [3.63, 3.8) is 0 Å². The molecule has 0 unspecified atom stereocenters. The lowest BCUT2D eigenvalue weighted by Gasteiger charge is -1.81. The van der Waals surface area contributed by atoms with Crippen molar-refractivity contribution < 1.29 is 9.90 Å². The van der Waals surface area contributed by atoms with Crippen molar-refractivity contribution >= 4 is 43.0 Å². The van der Waals surface area contributed by atoms with Crippen molar-refractivity contribution in [2.75, 3.05) is 5.73 Å². The topological polar surface area (TPSA) is 63.3 Å². The minimum Gasteiger partial charge on any atom is -0.477 e. The first kappa shape index (κ1) is 7.57. The second-order valence-electron chi connectivity index (χ2n) is 2.31. The maximum absolute atomic E-state index is 10.5. The maximum Gasteiger partial charge on any atom is 0.345 e. The fourth-order valence-electron chi connectivity index (χ4n) is 0.964. The summed E-state index contributed by atoms with van der Waals surface area (Å²) in [5, 5.41) is 10.3. The van der Waals surface area contributed by atoms with Gasteiger partial charge >= 0.3 is 5.97 Å². The Hall–Kier alpha value is -1.07. The number of nitrogen functional groups attached to an aromatic ring is 1. The second kappa shape index (κ2) is 2.46. The van der Waals surface area contributed by atoms with Gasteiger partial charge in [0.1, 0.15) is 4.88 Å². The highest BCUT2D eigenvalue weighted by Crippen LogP contribution is 2.34. The van der Waals surface area contributed by atoms with Crippen LogP contribution in [0.1, 0.15) is 9.67 Å². The Morgan fingerprint density at radius 2 is 2.17 bits per heavy atom. The molecule has 62 valence electrons. The highest BCUT2D eigenvalue weighted by Gasteiger charge is 2.09. The molecule has 2 rings (SSSR count). The summed E-state index contributed by atoms with van der Waals surface area (Å²) in [6.45, 7) is 0. The van der Waals surface area contributed by atoms with Crippen LogP contribution in [0.5, 0.6) is 0 Å². The van der Waals surface area contributed by atoms with Crippen molar-refractivity contribution in [2.24, 2.45) is 0 Å². The van der Waals surface area contributed by atoms with Crippen molar-refractivity contribution in [1.82, 2.24) is 0 Å². The van der Waals surface area contributed by atoms with Gasteiger partial charge in [-0.3, -0.25) is 0 Å². The molecule has 12 heavy (non-hydrogen) atoms. The van der Waals surface area contributed by atoms with E-state index in [2.05, 4.69) is 0 Å². The molecule has 3 N–H and O–H groups in total. The third-order valence-electron chi connectivity index (χ3n) is 1.44. The summed E-state index contributed by atoms with van der Waals surface area (Å²) in [5.74, 6) is -0.873. The van der Waals surface area contributed by atoms with Crippen molar-refractivity contribution in [1.29, 1.82) is 0 Å². The molecule has 0 aliphatic heterocycles. The van der Waals surface area contributed by atoms with Crippen molar-refractivity contribution in [3.05, 3.63) is 17.0 Å². The molecule has 0 radical (unpaired) electrons. The van der Waals surface area contributed by atoms with Gasteiger partial charge in [0.15, 0.2) is 0 Å². The number of thiophene rings is 2. The first-order valence-corrected chi connectivity index (χ1v) is 4.82.